The minimum atomic E-state index is 0.148. The van der Waals surface area contributed by atoms with Gasteiger partial charge in [0.15, 0.2) is 5.76 Å². The van der Waals surface area contributed by atoms with Crippen molar-refractivity contribution in [3.63, 3.8) is 0 Å². The molecule has 0 spiro atoms. The lowest BCUT2D eigenvalue weighted by Gasteiger charge is -2.18. The zero-order valence-corrected chi connectivity index (χ0v) is 13.1. The predicted molar refractivity (Wildman–Crippen MR) is 90.5 cm³/mol. The fraction of sp³-hybridized carbons (Fsp3) is 0.211. The number of aromatic nitrogens is 1. The molecule has 1 aromatic heterocycles. The maximum absolute atomic E-state index is 5.71. The van der Waals surface area contributed by atoms with Gasteiger partial charge < -0.3 is 10.3 Å². The molecular formula is C19H20N2O. The average Bonchev–Trinajstić information content (AvgIpc) is 2.97. The van der Waals surface area contributed by atoms with Crippen LogP contribution < -0.4 is 5.73 Å². The lowest BCUT2D eigenvalue weighted by Crippen LogP contribution is -2.10. The van der Waals surface area contributed by atoms with Crippen LogP contribution in [0.4, 0.5) is 5.69 Å². The van der Waals surface area contributed by atoms with E-state index in [1.807, 2.05) is 30.3 Å². The molecule has 0 saturated heterocycles. The van der Waals surface area contributed by atoms with Gasteiger partial charge in [0.1, 0.15) is 5.69 Å². The van der Waals surface area contributed by atoms with Gasteiger partial charge in [-0.25, -0.2) is 0 Å². The topological polar surface area (TPSA) is 52.0 Å². The minimum absolute atomic E-state index is 0.148. The Labute approximate surface area is 130 Å². The number of nitrogens with two attached hydrogens (primary N) is 1. The summed E-state index contributed by atoms with van der Waals surface area (Å²) in [7, 11) is 0. The minimum Gasteiger partial charge on any atom is -0.399 e. The fourth-order valence-corrected chi connectivity index (χ4v) is 2.34. The molecule has 22 heavy (non-hydrogen) atoms. The van der Waals surface area contributed by atoms with Gasteiger partial charge in [-0.05, 0) is 23.1 Å². The second-order valence-corrected chi connectivity index (χ2v) is 6.53. The summed E-state index contributed by atoms with van der Waals surface area (Å²) in [5.74, 6) is 0.771. The number of rotatable bonds is 2. The first-order valence-electron chi connectivity index (χ1n) is 7.37. The Morgan fingerprint density at radius 1 is 0.864 bits per heavy atom. The van der Waals surface area contributed by atoms with Gasteiger partial charge in [-0.15, -0.1) is 0 Å². The van der Waals surface area contributed by atoms with Crippen LogP contribution in [0, 0.1) is 0 Å². The van der Waals surface area contributed by atoms with E-state index < -0.39 is 0 Å². The average molecular weight is 292 g/mol. The molecule has 0 aliphatic rings. The highest BCUT2D eigenvalue weighted by molar-refractivity contribution is 5.68. The summed E-state index contributed by atoms with van der Waals surface area (Å²) in [4.78, 5) is 0. The van der Waals surface area contributed by atoms with Crippen molar-refractivity contribution < 1.29 is 4.52 Å². The molecule has 0 aliphatic heterocycles. The van der Waals surface area contributed by atoms with Crippen molar-refractivity contribution in [2.75, 3.05) is 5.73 Å². The number of hydrogen-bond acceptors (Lipinski definition) is 3. The zero-order valence-electron chi connectivity index (χ0n) is 13.1. The van der Waals surface area contributed by atoms with E-state index in [0.29, 0.717) is 0 Å². The smallest absolute Gasteiger partial charge is 0.167 e. The van der Waals surface area contributed by atoms with Gasteiger partial charge in [0, 0.05) is 22.9 Å². The zero-order chi connectivity index (χ0) is 15.7. The molecule has 0 unspecified atom stereocenters. The fourth-order valence-electron chi connectivity index (χ4n) is 2.34. The molecule has 3 aromatic rings. The Hall–Kier alpha value is -2.55. The van der Waals surface area contributed by atoms with Crippen molar-refractivity contribution in [1.29, 1.82) is 0 Å². The molecule has 0 fully saturated rings. The largest absolute Gasteiger partial charge is 0.399 e. The Kier molecular flexibility index (Phi) is 3.49. The molecule has 0 atom stereocenters. The predicted octanol–water partition coefficient (Wildman–Crippen LogP) is 4.89. The first-order valence-corrected chi connectivity index (χ1v) is 7.37. The number of nitrogens with zero attached hydrogens (tertiary/aromatic N) is 1. The van der Waals surface area contributed by atoms with Crippen LogP contribution in [0.1, 0.15) is 26.3 Å². The standard InChI is InChI=1S/C19H20N2O/c1-19(2,3)15-8-4-14(5-9-15)18-12-17(21-22-18)13-6-10-16(20)11-7-13/h4-12H,20H2,1-3H3. The van der Waals surface area contributed by atoms with Gasteiger partial charge in [0.05, 0.1) is 0 Å². The molecule has 3 rings (SSSR count). The van der Waals surface area contributed by atoms with Crippen molar-refractivity contribution in [2.45, 2.75) is 26.2 Å². The van der Waals surface area contributed by atoms with E-state index in [9.17, 15) is 0 Å². The van der Waals surface area contributed by atoms with E-state index in [4.69, 9.17) is 10.3 Å². The molecular weight excluding hydrogens is 272 g/mol. The van der Waals surface area contributed by atoms with Gasteiger partial charge in [-0.1, -0.05) is 62.3 Å². The maximum Gasteiger partial charge on any atom is 0.167 e. The van der Waals surface area contributed by atoms with Gasteiger partial charge in [-0.3, -0.25) is 0 Å². The third kappa shape index (κ3) is 2.89. The van der Waals surface area contributed by atoms with Crippen molar-refractivity contribution in [1.82, 2.24) is 5.16 Å². The van der Waals surface area contributed by atoms with Crippen molar-refractivity contribution in [2.24, 2.45) is 0 Å². The summed E-state index contributed by atoms with van der Waals surface area (Å²) in [6.07, 6.45) is 0. The van der Waals surface area contributed by atoms with Gasteiger partial charge >= 0.3 is 0 Å². The highest BCUT2D eigenvalue weighted by Crippen LogP contribution is 2.29. The Morgan fingerprint density at radius 2 is 1.45 bits per heavy atom. The van der Waals surface area contributed by atoms with Crippen LogP contribution in [-0.4, -0.2) is 5.16 Å². The Bertz CT molecular complexity index is 762. The highest BCUT2D eigenvalue weighted by Gasteiger charge is 2.14. The van der Waals surface area contributed by atoms with Crippen LogP contribution in [0.3, 0.4) is 0 Å². The molecule has 0 bridgehead atoms. The lowest BCUT2D eigenvalue weighted by atomic mass is 9.86. The van der Waals surface area contributed by atoms with E-state index in [1.165, 1.54) is 5.56 Å². The highest BCUT2D eigenvalue weighted by atomic mass is 16.5. The Balaban J connectivity index is 1.89. The van der Waals surface area contributed by atoms with Crippen LogP contribution in [0.25, 0.3) is 22.6 Å². The van der Waals surface area contributed by atoms with Crippen molar-refractivity contribution in [3.05, 3.63) is 60.2 Å². The van der Waals surface area contributed by atoms with E-state index in [2.05, 4.69) is 50.2 Å². The van der Waals surface area contributed by atoms with Crippen LogP contribution in [0.2, 0.25) is 0 Å². The van der Waals surface area contributed by atoms with E-state index in [0.717, 1.165) is 28.3 Å². The third-order valence-corrected chi connectivity index (χ3v) is 3.75. The van der Waals surface area contributed by atoms with Gasteiger partial charge in [0.25, 0.3) is 0 Å². The van der Waals surface area contributed by atoms with Gasteiger partial charge in [-0.2, -0.15) is 0 Å². The first-order chi connectivity index (χ1) is 10.4. The van der Waals surface area contributed by atoms with Crippen molar-refractivity contribution >= 4 is 5.69 Å². The number of nitrogen functional groups attached to an aromatic ring is 1. The quantitative estimate of drug-likeness (QED) is 0.684. The molecule has 0 aliphatic carbocycles. The number of anilines is 1. The molecule has 1 heterocycles. The molecule has 0 radical (unpaired) electrons. The number of benzene rings is 2. The summed E-state index contributed by atoms with van der Waals surface area (Å²) < 4.78 is 5.48. The molecule has 2 aromatic carbocycles. The normalized spacial score (nSPS) is 11.6. The molecule has 0 amide bonds. The Morgan fingerprint density at radius 3 is 2.05 bits per heavy atom. The molecule has 3 nitrogen and oxygen atoms in total. The monoisotopic (exact) mass is 292 g/mol. The van der Waals surface area contributed by atoms with Gasteiger partial charge in [0.2, 0.25) is 0 Å². The molecule has 2 N–H and O–H groups in total. The molecule has 112 valence electrons. The number of hydrogen-bond donors (Lipinski definition) is 1. The summed E-state index contributed by atoms with van der Waals surface area (Å²) in [5, 5.41) is 4.15. The van der Waals surface area contributed by atoms with E-state index >= 15 is 0 Å². The second kappa shape index (κ2) is 5.34. The van der Waals surface area contributed by atoms with Crippen LogP contribution >= 0.6 is 0 Å². The van der Waals surface area contributed by atoms with Crippen LogP contribution in [0.15, 0.2) is 59.1 Å². The summed E-state index contributed by atoms with van der Waals surface area (Å²) in [6.45, 7) is 6.61. The van der Waals surface area contributed by atoms with Crippen molar-refractivity contribution in [3.8, 4) is 22.6 Å². The second-order valence-electron chi connectivity index (χ2n) is 6.53. The lowest BCUT2D eigenvalue weighted by molar-refractivity contribution is 0.435. The molecule has 3 heteroatoms. The molecule has 0 saturated carbocycles. The van der Waals surface area contributed by atoms with E-state index in [-0.39, 0.29) is 5.41 Å². The maximum atomic E-state index is 5.71. The summed E-state index contributed by atoms with van der Waals surface area (Å²) >= 11 is 0. The van der Waals surface area contributed by atoms with E-state index in [1.54, 1.807) is 0 Å². The first kappa shape index (κ1) is 14.4. The SMILES string of the molecule is CC(C)(C)c1ccc(-c2cc(-c3ccc(N)cc3)no2)cc1. The van der Waals surface area contributed by atoms with Crippen LogP contribution in [-0.2, 0) is 5.41 Å². The summed E-state index contributed by atoms with van der Waals surface area (Å²) in [5.41, 5.74) is 10.7. The van der Waals surface area contributed by atoms with Crippen LogP contribution in [0.5, 0.6) is 0 Å². The third-order valence-electron chi connectivity index (χ3n) is 3.75. The summed E-state index contributed by atoms with van der Waals surface area (Å²) in [6, 6.07) is 18.0.